The van der Waals surface area contributed by atoms with E-state index in [1.165, 1.54) is 18.2 Å². The van der Waals surface area contributed by atoms with Crippen molar-refractivity contribution in [2.45, 2.75) is 0 Å². The molecule has 11 heavy (non-hydrogen) atoms. The molecule has 0 spiro atoms. The summed E-state index contributed by atoms with van der Waals surface area (Å²) in [5.74, 6) is 0. The lowest BCUT2D eigenvalue weighted by Crippen LogP contribution is -2.10. The zero-order valence-corrected chi connectivity index (χ0v) is 6.54. The van der Waals surface area contributed by atoms with Gasteiger partial charge in [0.2, 0.25) is 5.30 Å². The van der Waals surface area contributed by atoms with Gasteiger partial charge in [0.25, 0.3) is 0 Å². The molecule has 0 aliphatic heterocycles. The van der Waals surface area contributed by atoms with Crippen molar-refractivity contribution in [3.63, 3.8) is 0 Å². The van der Waals surface area contributed by atoms with Crippen LogP contribution in [0.1, 0.15) is 0 Å². The van der Waals surface area contributed by atoms with Crippen LogP contribution in [-0.2, 0) is 4.57 Å². The molecule has 58 valence electrons. The van der Waals surface area contributed by atoms with Gasteiger partial charge in [0, 0.05) is 5.69 Å². The van der Waals surface area contributed by atoms with Gasteiger partial charge >= 0.3 is 8.03 Å². The second-order valence-corrected chi connectivity index (χ2v) is 3.07. The maximum Gasteiger partial charge on any atom is 0.350 e. The molecule has 0 aromatic heterocycles. The van der Waals surface area contributed by atoms with Crippen LogP contribution in [0.2, 0.25) is 0 Å². The summed E-state index contributed by atoms with van der Waals surface area (Å²) in [6, 6.07) is 4.30. The van der Waals surface area contributed by atoms with E-state index < -0.39 is 8.03 Å². The topological polar surface area (TPSA) is 92.2 Å². The van der Waals surface area contributed by atoms with Gasteiger partial charge in [0.1, 0.15) is 0 Å². The molecule has 1 atom stereocenters. The lowest BCUT2D eigenvalue weighted by molar-refractivity contribution is -0.160. The molecule has 0 heterocycles. The molecular formula is C6H7N2O2P. The van der Waals surface area contributed by atoms with E-state index in [-0.39, 0.29) is 11.0 Å². The van der Waals surface area contributed by atoms with Crippen molar-refractivity contribution in [3.8, 4) is 0 Å². The lowest BCUT2D eigenvalue weighted by Gasteiger charge is -1.96. The van der Waals surface area contributed by atoms with Gasteiger partial charge in [-0.1, -0.05) is 4.57 Å². The molecule has 4 N–H and O–H groups in total. The van der Waals surface area contributed by atoms with E-state index in [4.69, 9.17) is 11.5 Å². The number of nitrogen functional groups attached to an aromatic ring is 2. The fraction of sp³-hybridized carbons (Fsp3) is 0. The smallest absolute Gasteiger partial charge is 0.350 e. The van der Waals surface area contributed by atoms with E-state index in [0.29, 0.717) is 5.69 Å². The number of anilines is 2. The van der Waals surface area contributed by atoms with E-state index in [0.717, 1.165) is 0 Å². The Labute approximate surface area is 64.7 Å². The number of hydrogen-bond donors (Lipinski definition) is 2. The third-order valence-corrected chi connectivity index (χ3v) is 2.05. The first-order chi connectivity index (χ1) is 5.11. The molecular weight excluding hydrogens is 163 g/mol. The summed E-state index contributed by atoms with van der Waals surface area (Å²) in [6.07, 6.45) is 0. The van der Waals surface area contributed by atoms with Crippen molar-refractivity contribution in [1.29, 1.82) is 0 Å². The van der Waals surface area contributed by atoms with Crippen LogP contribution < -0.4 is 21.7 Å². The number of hydrogen-bond acceptors (Lipinski definition) is 4. The van der Waals surface area contributed by atoms with E-state index in [1.54, 1.807) is 0 Å². The molecule has 5 heteroatoms. The standard InChI is InChI=1S/C6H7N2O2P/c7-4-1-2-6(11(9)10)5(8)3-4/h1-3H,7-8H2. The minimum absolute atomic E-state index is 0.120. The minimum Gasteiger partial charge on any atom is -0.591 e. The molecule has 1 rings (SSSR count). The van der Waals surface area contributed by atoms with Crippen molar-refractivity contribution in [3.05, 3.63) is 18.2 Å². The van der Waals surface area contributed by atoms with Crippen molar-refractivity contribution < 1.29 is 9.46 Å². The highest BCUT2D eigenvalue weighted by molar-refractivity contribution is 7.46. The second kappa shape index (κ2) is 2.86. The Morgan fingerprint density at radius 3 is 2.45 bits per heavy atom. The van der Waals surface area contributed by atoms with E-state index >= 15 is 0 Å². The van der Waals surface area contributed by atoms with Crippen LogP contribution in [0.5, 0.6) is 0 Å². The average Bonchev–Trinajstić information content (AvgIpc) is 1.85. The molecule has 0 saturated carbocycles. The summed E-state index contributed by atoms with van der Waals surface area (Å²) >= 11 is 0. The highest BCUT2D eigenvalue weighted by Crippen LogP contribution is 2.16. The normalized spacial score (nSPS) is 11.2. The summed E-state index contributed by atoms with van der Waals surface area (Å²) in [6.45, 7) is 0. The zero-order valence-electron chi connectivity index (χ0n) is 5.65. The first kappa shape index (κ1) is 7.98. The van der Waals surface area contributed by atoms with Gasteiger partial charge in [-0.25, -0.2) is 0 Å². The number of benzene rings is 1. The molecule has 0 aliphatic rings. The van der Waals surface area contributed by atoms with Crippen molar-refractivity contribution >= 4 is 24.7 Å². The van der Waals surface area contributed by atoms with Gasteiger partial charge in [0.05, 0.1) is 5.69 Å². The van der Waals surface area contributed by atoms with E-state index in [9.17, 15) is 9.46 Å². The Kier molecular flexibility index (Phi) is 2.08. The van der Waals surface area contributed by atoms with Crippen LogP contribution in [0.15, 0.2) is 18.2 Å². The first-order valence-corrected chi connectivity index (χ1v) is 4.08. The van der Waals surface area contributed by atoms with E-state index in [2.05, 4.69) is 0 Å². The summed E-state index contributed by atoms with van der Waals surface area (Å²) in [4.78, 5) is 10.4. The monoisotopic (exact) mass is 170 g/mol. The summed E-state index contributed by atoms with van der Waals surface area (Å²) in [7, 11) is -2.61. The fourth-order valence-electron chi connectivity index (χ4n) is 0.739. The summed E-state index contributed by atoms with van der Waals surface area (Å²) < 4.78 is 10.4. The van der Waals surface area contributed by atoms with Crippen LogP contribution in [0, 0.1) is 0 Å². The van der Waals surface area contributed by atoms with E-state index in [1.807, 2.05) is 0 Å². The van der Waals surface area contributed by atoms with Gasteiger partial charge in [0.15, 0.2) is 0 Å². The van der Waals surface area contributed by atoms with Gasteiger partial charge in [-0.15, -0.1) is 0 Å². The van der Waals surface area contributed by atoms with Crippen LogP contribution in [0.25, 0.3) is 0 Å². The Morgan fingerprint density at radius 2 is 2.00 bits per heavy atom. The van der Waals surface area contributed by atoms with Crippen molar-refractivity contribution in [1.82, 2.24) is 0 Å². The second-order valence-electron chi connectivity index (χ2n) is 2.08. The molecule has 4 nitrogen and oxygen atoms in total. The Morgan fingerprint density at radius 1 is 1.36 bits per heavy atom. The molecule has 0 aliphatic carbocycles. The molecule has 1 unspecified atom stereocenters. The average molecular weight is 170 g/mol. The molecule has 1 aromatic rings. The largest absolute Gasteiger partial charge is 0.591 e. The molecule has 1 aromatic carbocycles. The minimum atomic E-state index is -2.61. The Bertz CT molecular complexity index is 301. The third-order valence-electron chi connectivity index (χ3n) is 1.25. The van der Waals surface area contributed by atoms with Crippen LogP contribution in [0.4, 0.5) is 11.4 Å². The number of nitrogens with two attached hydrogens (primary N) is 2. The summed E-state index contributed by atoms with van der Waals surface area (Å²) in [5, 5.41) is 0.120. The third kappa shape index (κ3) is 1.67. The van der Waals surface area contributed by atoms with Gasteiger partial charge < -0.3 is 16.4 Å². The number of rotatable bonds is 1. The molecule has 0 amide bonds. The van der Waals surface area contributed by atoms with Crippen LogP contribution in [-0.4, -0.2) is 0 Å². The fourth-order valence-corrected chi connectivity index (χ4v) is 1.21. The lowest BCUT2D eigenvalue weighted by atomic mass is 10.3. The SMILES string of the molecule is Nc1ccc([P+](=O)[O-])c(N)c1. The highest BCUT2D eigenvalue weighted by Gasteiger charge is 2.10. The van der Waals surface area contributed by atoms with Crippen molar-refractivity contribution in [2.75, 3.05) is 11.5 Å². The molecule has 0 fully saturated rings. The molecule has 0 bridgehead atoms. The van der Waals surface area contributed by atoms with Gasteiger partial charge in [-0.3, -0.25) is 0 Å². The highest BCUT2D eigenvalue weighted by atomic mass is 31.1. The van der Waals surface area contributed by atoms with Gasteiger partial charge in [-0.05, 0) is 18.2 Å². The quantitative estimate of drug-likeness (QED) is 0.442. The van der Waals surface area contributed by atoms with Crippen LogP contribution in [0.3, 0.4) is 0 Å². The predicted octanol–water partition coefficient (Wildman–Crippen LogP) is -0.421. The van der Waals surface area contributed by atoms with Crippen molar-refractivity contribution in [2.24, 2.45) is 0 Å². The summed E-state index contributed by atoms with van der Waals surface area (Å²) in [5.41, 5.74) is 11.4. The zero-order chi connectivity index (χ0) is 8.43. The Hall–Kier alpha value is -1.12. The van der Waals surface area contributed by atoms with Crippen LogP contribution >= 0.6 is 8.03 Å². The predicted molar refractivity (Wildman–Crippen MR) is 42.5 cm³/mol. The first-order valence-electron chi connectivity index (χ1n) is 2.90. The molecule has 0 radical (unpaired) electrons. The Balaban J connectivity index is 3.20. The molecule has 0 saturated heterocycles. The maximum atomic E-state index is 10.4. The maximum absolute atomic E-state index is 10.4. The van der Waals surface area contributed by atoms with Gasteiger partial charge in [-0.2, -0.15) is 0 Å².